The molecule has 0 saturated carbocycles. The van der Waals surface area contributed by atoms with E-state index in [9.17, 15) is 42.3 Å². The molecule has 3 amide bonds. The van der Waals surface area contributed by atoms with Crippen molar-refractivity contribution in [3.8, 4) is 0 Å². The quantitative estimate of drug-likeness (QED) is 0.0533. The van der Waals surface area contributed by atoms with Crippen LogP contribution in [0.1, 0.15) is 89.0 Å². The maximum absolute atomic E-state index is 13.2. The second-order valence-corrected chi connectivity index (χ2v) is 21.7. The lowest BCUT2D eigenvalue weighted by Gasteiger charge is -2.00. The Morgan fingerprint density at radius 2 is 0.629 bits per heavy atom. The number of likely N-dealkylation sites (N-methyl/N-ethyl adjacent to an activating group) is 3. The third-order valence-electron chi connectivity index (χ3n) is 13.3. The summed E-state index contributed by atoms with van der Waals surface area (Å²) in [7, 11) is 10.1. The predicted octanol–water partition coefficient (Wildman–Crippen LogP) is 16.2. The van der Waals surface area contributed by atoms with Crippen LogP contribution < -0.4 is 16.0 Å². The summed E-state index contributed by atoms with van der Waals surface area (Å²) in [4.78, 5) is 75.8. The smallest absolute Gasteiger partial charge is 0.330 e. The number of amides is 3. The Balaban J connectivity index is 0.000000566. The van der Waals surface area contributed by atoms with Crippen molar-refractivity contribution in [2.24, 2.45) is 0 Å². The van der Waals surface area contributed by atoms with Gasteiger partial charge in [0.2, 0.25) is 17.7 Å². The first-order chi connectivity index (χ1) is 46.0. The van der Waals surface area contributed by atoms with E-state index >= 15 is 0 Å². The van der Waals surface area contributed by atoms with Gasteiger partial charge in [-0.3, -0.25) is 14.4 Å². The van der Waals surface area contributed by atoms with Crippen molar-refractivity contribution >= 4 is 107 Å². The SMILES string of the molecule is CNC(=O)/C=C/c1ccc(C)cc1.CNC(=O)/C=C/c1ccc(C)cc1Cl.CNC(=O)/C=C/c1ccc(C)cc1F.COC(=O)/C=C/c1ccc(C)c(C)c1.COC(=O)/C=C/c1ccc(C)c(C)c1.COC(=O)/C=C/c1ccc(C)c(Cl)c1.COC(=O)/C=C/c1ccc(C)c(F)c1. The highest BCUT2D eigenvalue weighted by molar-refractivity contribution is 6.32. The zero-order valence-corrected chi connectivity index (χ0v) is 59.3. The molecule has 0 aliphatic carbocycles. The highest BCUT2D eigenvalue weighted by atomic mass is 35.5. The van der Waals surface area contributed by atoms with Gasteiger partial charge >= 0.3 is 23.9 Å². The summed E-state index contributed by atoms with van der Waals surface area (Å²) in [6, 6.07) is 41.0. The van der Waals surface area contributed by atoms with Crippen LogP contribution >= 0.6 is 23.2 Å². The van der Waals surface area contributed by atoms with Crippen LogP contribution in [0.4, 0.5) is 8.78 Å². The molecular weight excluding hydrogens is 1280 g/mol. The molecule has 97 heavy (non-hydrogen) atoms. The molecular formula is C79H87Cl2F2N3O11. The van der Waals surface area contributed by atoms with Gasteiger partial charge in [0.1, 0.15) is 11.6 Å². The first-order valence-electron chi connectivity index (χ1n) is 30.0. The number of carbonyl (C=O) groups is 7. The number of halogens is 4. The fourth-order valence-corrected chi connectivity index (χ4v) is 7.54. The normalized spacial score (nSPS) is 10.5. The summed E-state index contributed by atoms with van der Waals surface area (Å²) in [5, 5.41) is 8.79. The Labute approximate surface area is 580 Å². The molecule has 14 nitrogen and oxygen atoms in total. The molecule has 0 saturated heterocycles. The lowest BCUT2D eigenvalue weighted by Crippen LogP contribution is -2.13. The van der Waals surface area contributed by atoms with Gasteiger partial charge in [-0.1, -0.05) is 138 Å². The maximum Gasteiger partial charge on any atom is 0.330 e. The highest BCUT2D eigenvalue weighted by Gasteiger charge is 2.03. The Bertz CT molecular complexity index is 3590. The Hall–Kier alpha value is -10.6. The second kappa shape index (κ2) is 47.3. The minimum Gasteiger partial charge on any atom is -0.466 e. The number of carbonyl (C=O) groups excluding carboxylic acids is 7. The summed E-state index contributed by atoms with van der Waals surface area (Å²) < 4.78 is 44.1. The fourth-order valence-electron chi connectivity index (χ4n) is 7.06. The molecule has 0 heterocycles. The van der Waals surface area contributed by atoms with Gasteiger partial charge in [-0.15, -0.1) is 0 Å². The summed E-state index contributed by atoms with van der Waals surface area (Å²) in [6.07, 6.45) is 21.3. The highest BCUT2D eigenvalue weighted by Crippen LogP contribution is 2.20. The molecule has 512 valence electrons. The molecule has 0 aromatic heterocycles. The minimum atomic E-state index is -0.453. The monoisotopic (exact) mass is 1360 g/mol. The maximum atomic E-state index is 13.2. The minimum absolute atomic E-state index is 0.0828. The van der Waals surface area contributed by atoms with E-state index in [-0.39, 0.29) is 47.3 Å². The van der Waals surface area contributed by atoms with Crippen LogP contribution in [0.15, 0.2) is 176 Å². The van der Waals surface area contributed by atoms with Gasteiger partial charge in [0, 0.05) is 79.3 Å². The van der Waals surface area contributed by atoms with Crippen LogP contribution in [0.5, 0.6) is 0 Å². The molecule has 18 heteroatoms. The van der Waals surface area contributed by atoms with Gasteiger partial charge in [0.15, 0.2) is 0 Å². The number of ether oxygens (including phenoxy) is 4. The number of hydrogen-bond donors (Lipinski definition) is 3. The van der Waals surface area contributed by atoms with Gasteiger partial charge in [-0.2, -0.15) is 0 Å². The number of rotatable bonds is 14. The molecule has 0 bridgehead atoms. The molecule has 0 spiro atoms. The van der Waals surface area contributed by atoms with E-state index in [0.29, 0.717) is 26.7 Å². The second-order valence-electron chi connectivity index (χ2n) is 20.9. The van der Waals surface area contributed by atoms with E-state index in [1.165, 1.54) is 130 Å². The molecule has 0 radical (unpaired) electrons. The average molecular weight is 1360 g/mol. The van der Waals surface area contributed by atoms with Gasteiger partial charge in [-0.05, 0) is 207 Å². The lowest BCUT2D eigenvalue weighted by molar-refractivity contribution is -0.135. The van der Waals surface area contributed by atoms with Crippen molar-refractivity contribution < 1.29 is 61.3 Å². The molecule has 7 aromatic carbocycles. The molecule has 0 fully saturated rings. The topological polar surface area (TPSA) is 192 Å². The lowest BCUT2D eigenvalue weighted by atomic mass is 10.1. The molecule has 3 N–H and O–H groups in total. The summed E-state index contributed by atoms with van der Waals surface area (Å²) in [5.41, 5.74) is 15.6. The fraction of sp³-hybridized carbons (Fsp3) is 0.203. The van der Waals surface area contributed by atoms with Crippen molar-refractivity contribution in [2.45, 2.75) is 62.3 Å². The van der Waals surface area contributed by atoms with Crippen LogP contribution in [-0.2, 0) is 52.5 Å². The van der Waals surface area contributed by atoms with Crippen molar-refractivity contribution in [3.05, 3.63) is 287 Å². The van der Waals surface area contributed by atoms with E-state index in [4.69, 9.17) is 23.2 Å². The number of aryl methyl sites for hydroxylation is 9. The van der Waals surface area contributed by atoms with Crippen LogP contribution in [0.2, 0.25) is 10.0 Å². The molecule has 0 aliphatic heterocycles. The number of esters is 4. The molecule has 0 atom stereocenters. The average Bonchev–Trinajstić information content (AvgIpc) is 1.64. The van der Waals surface area contributed by atoms with Crippen molar-refractivity contribution in [3.63, 3.8) is 0 Å². The zero-order valence-electron chi connectivity index (χ0n) is 57.8. The first kappa shape index (κ1) is 84.5. The standard InChI is InChI=1S/2C12H14O2.C11H12ClNO.C11H11ClO2.C11H12FNO.C11H11FO2.C11H13NO/c2*1-9-4-5-11(8-10(9)2)6-7-12(13)14-3;1-8-3-4-9(10(12)7-8)5-6-11(14)13-2;1-8-3-4-9(7-10(8)12)5-6-11(13)14-2;1-8-3-4-9(10(12)7-8)5-6-11(14)13-2;1-8-3-4-9(7-10(8)12)5-6-11(13)14-2;1-9-3-5-10(6-4-9)7-8-11(13)12-2/h2*4-8H,1-3H3;3-7H,1-2H3,(H,13,14);3-7H,1-2H3;3-7H,1-2H3,(H,13,14);3-7H,1-2H3;3-8H,1-2H3,(H,12,13)/b2*7-6+;4*6-5+;8-7+. The van der Waals surface area contributed by atoms with E-state index in [0.717, 1.165) is 44.5 Å². The number of nitrogens with one attached hydrogen (secondary N) is 3. The van der Waals surface area contributed by atoms with Gasteiger partial charge in [0.05, 0.1) is 28.4 Å². The largest absolute Gasteiger partial charge is 0.466 e. The number of hydrogen-bond acceptors (Lipinski definition) is 11. The zero-order chi connectivity index (χ0) is 73.0. The molecule has 7 aromatic rings. The first-order valence-corrected chi connectivity index (χ1v) is 30.8. The predicted molar refractivity (Wildman–Crippen MR) is 391 cm³/mol. The van der Waals surface area contributed by atoms with Crippen molar-refractivity contribution in [1.82, 2.24) is 16.0 Å². The third kappa shape index (κ3) is 37.2. The number of benzene rings is 7. The van der Waals surface area contributed by atoms with Gasteiger partial charge in [0.25, 0.3) is 0 Å². The Morgan fingerprint density at radius 1 is 0.309 bits per heavy atom. The van der Waals surface area contributed by atoms with Gasteiger partial charge < -0.3 is 34.9 Å². The summed E-state index contributed by atoms with van der Waals surface area (Å²) in [6.45, 7) is 17.6. The Morgan fingerprint density at radius 3 is 0.990 bits per heavy atom. The van der Waals surface area contributed by atoms with Crippen LogP contribution in [-0.4, -0.2) is 91.2 Å². The van der Waals surface area contributed by atoms with Crippen LogP contribution in [0, 0.1) is 73.9 Å². The summed E-state index contributed by atoms with van der Waals surface area (Å²) >= 11 is 11.9. The molecule has 0 aliphatic rings. The van der Waals surface area contributed by atoms with E-state index < -0.39 is 5.97 Å². The molecule has 7 rings (SSSR count). The third-order valence-corrected chi connectivity index (χ3v) is 14.0. The van der Waals surface area contributed by atoms with Crippen LogP contribution in [0.25, 0.3) is 42.5 Å². The molecule has 0 unspecified atom stereocenters. The van der Waals surface area contributed by atoms with E-state index in [1.54, 1.807) is 81.7 Å². The van der Waals surface area contributed by atoms with E-state index in [2.05, 4.69) is 48.7 Å². The summed E-state index contributed by atoms with van der Waals surface area (Å²) in [5.74, 6) is -2.55. The van der Waals surface area contributed by atoms with Crippen molar-refractivity contribution in [1.29, 1.82) is 0 Å². The Kier molecular flexibility index (Phi) is 41.2. The van der Waals surface area contributed by atoms with E-state index in [1.807, 2.05) is 133 Å². The van der Waals surface area contributed by atoms with Crippen LogP contribution in [0.3, 0.4) is 0 Å². The van der Waals surface area contributed by atoms with Crippen molar-refractivity contribution in [2.75, 3.05) is 49.6 Å². The number of methoxy groups -OCH3 is 4. The van der Waals surface area contributed by atoms with Gasteiger partial charge in [-0.25, -0.2) is 28.0 Å².